The summed E-state index contributed by atoms with van der Waals surface area (Å²) in [6.45, 7) is 4.45. The number of aromatic nitrogens is 1. The van der Waals surface area contributed by atoms with Crippen LogP contribution in [0.5, 0.6) is 0 Å². The van der Waals surface area contributed by atoms with Crippen molar-refractivity contribution in [2.24, 2.45) is 0 Å². The van der Waals surface area contributed by atoms with Crippen molar-refractivity contribution in [1.29, 1.82) is 0 Å². The molecular weight excluding hydrogens is 276 g/mol. The van der Waals surface area contributed by atoms with E-state index in [1.807, 2.05) is 36.1 Å². The fourth-order valence-electron chi connectivity index (χ4n) is 2.14. The maximum Gasteiger partial charge on any atom is 0.257 e. The molecular formula is C14H16N2O3S. The SMILES string of the molecule is C[C@H](Sc1nc2ccccc2o1)C(=O)N1CCOCC1. The number of thioether (sulfide) groups is 1. The molecule has 1 saturated heterocycles. The highest BCUT2D eigenvalue weighted by molar-refractivity contribution is 8.00. The Bertz CT molecular complexity index is 574. The van der Waals surface area contributed by atoms with Crippen LogP contribution in [0.25, 0.3) is 11.1 Å². The summed E-state index contributed by atoms with van der Waals surface area (Å²) in [5.74, 6) is 0.112. The van der Waals surface area contributed by atoms with Gasteiger partial charge in [0, 0.05) is 13.1 Å². The highest BCUT2D eigenvalue weighted by Gasteiger charge is 2.24. The van der Waals surface area contributed by atoms with Gasteiger partial charge in [-0.3, -0.25) is 4.79 Å². The van der Waals surface area contributed by atoms with Crippen molar-refractivity contribution in [1.82, 2.24) is 9.88 Å². The maximum atomic E-state index is 12.3. The monoisotopic (exact) mass is 292 g/mol. The lowest BCUT2D eigenvalue weighted by atomic mass is 10.3. The van der Waals surface area contributed by atoms with Crippen molar-refractivity contribution in [3.63, 3.8) is 0 Å². The van der Waals surface area contributed by atoms with Crippen LogP contribution in [0.15, 0.2) is 33.9 Å². The Morgan fingerprint density at radius 1 is 1.35 bits per heavy atom. The second-order valence-electron chi connectivity index (χ2n) is 4.65. The molecule has 3 rings (SSSR count). The van der Waals surface area contributed by atoms with Crippen LogP contribution in [0.3, 0.4) is 0 Å². The third-order valence-electron chi connectivity index (χ3n) is 3.22. The van der Waals surface area contributed by atoms with Crippen LogP contribution in [-0.4, -0.2) is 47.3 Å². The van der Waals surface area contributed by atoms with Gasteiger partial charge in [-0.25, -0.2) is 4.98 Å². The van der Waals surface area contributed by atoms with Crippen LogP contribution >= 0.6 is 11.8 Å². The summed E-state index contributed by atoms with van der Waals surface area (Å²) >= 11 is 1.36. The molecule has 0 aliphatic carbocycles. The number of nitrogens with zero attached hydrogens (tertiary/aromatic N) is 2. The van der Waals surface area contributed by atoms with Crippen molar-refractivity contribution in [3.05, 3.63) is 24.3 Å². The van der Waals surface area contributed by atoms with E-state index in [0.29, 0.717) is 31.5 Å². The predicted octanol–water partition coefficient (Wildman–Crippen LogP) is 2.17. The van der Waals surface area contributed by atoms with Gasteiger partial charge in [0.2, 0.25) is 5.91 Å². The Hall–Kier alpha value is -1.53. The van der Waals surface area contributed by atoms with Gasteiger partial charge in [0.1, 0.15) is 5.52 Å². The normalized spacial score (nSPS) is 17.4. The standard InChI is InChI=1S/C14H16N2O3S/c1-10(13(17)16-6-8-18-9-7-16)20-14-15-11-4-2-3-5-12(11)19-14/h2-5,10H,6-9H2,1H3/t10-/m0/s1. The summed E-state index contributed by atoms with van der Waals surface area (Å²) in [6, 6.07) is 7.60. The smallest absolute Gasteiger partial charge is 0.257 e. The molecule has 0 radical (unpaired) electrons. The summed E-state index contributed by atoms with van der Waals surface area (Å²) in [7, 11) is 0. The Balaban J connectivity index is 1.68. The predicted molar refractivity (Wildman–Crippen MR) is 76.7 cm³/mol. The van der Waals surface area contributed by atoms with E-state index in [1.165, 1.54) is 11.8 Å². The van der Waals surface area contributed by atoms with Crippen molar-refractivity contribution >= 4 is 28.8 Å². The quantitative estimate of drug-likeness (QED) is 0.812. The van der Waals surface area contributed by atoms with Crippen molar-refractivity contribution < 1.29 is 13.9 Å². The Morgan fingerprint density at radius 3 is 2.85 bits per heavy atom. The van der Waals surface area contributed by atoms with Crippen molar-refractivity contribution in [2.75, 3.05) is 26.3 Å². The second kappa shape index (κ2) is 5.85. The van der Waals surface area contributed by atoms with Gasteiger partial charge in [-0.05, 0) is 19.1 Å². The van der Waals surface area contributed by atoms with Gasteiger partial charge >= 0.3 is 0 Å². The topological polar surface area (TPSA) is 55.6 Å². The first-order chi connectivity index (χ1) is 9.74. The van der Waals surface area contributed by atoms with E-state index < -0.39 is 0 Å². The average molecular weight is 292 g/mol. The number of hydrogen-bond acceptors (Lipinski definition) is 5. The molecule has 0 saturated carbocycles. The van der Waals surface area contributed by atoms with E-state index in [1.54, 1.807) is 0 Å². The first-order valence-electron chi connectivity index (χ1n) is 6.63. The minimum absolute atomic E-state index is 0.112. The molecule has 0 N–H and O–H groups in total. The zero-order valence-electron chi connectivity index (χ0n) is 11.2. The molecule has 1 aliphatic rings. The Labute approximate surface area is 121 Å². The van der Waals surface area contributed by atoms with Crippen LogP contribution in [0.2, 0.25) is 0 Å². The molecule has 2 heterocycles. The first kappa shape index (κ1) is 13.5. The van der Waals surface area contributed by atoms with Gasteiger partial charge < -0.3 is 14.1 Å². The van der Waals surface area contributed by atoms with E-state index in [2.05, 4.69) is 4.98 Å². The van der Waals surface area contributed by atoms with Crippen LogP contribution in [0.1, 0.15) is 6.92 Å². The lowest BCUT2D eigenvalue weighted by Crippen LogP contribution is -2.44. The van der Waals surface area contributed by atoms with Crippen LogP contribution < -0.4 is 0 Å². The average Bonchev–Trinajstić information content (AvgIpc) is 2.89. The number of morpholine rings is 1. The fraction of sp³-hybridized carbons (Fsp3) is 0.429. The number of fused-ring (bicyclic) bond motifs is 1. The molecule has 0 spiro atoms. The van der Waals surface area contributed by atoms with E-state index in [-0.39, 0.29) is 11.2 Å². The van der Waals surface area contributed by atoms with Gasteiger partial charge in [0.05, 0.1) is 18.5 Å². The maximum absolute atomic E-state index is 12.3. The summed E-state index contributed by atoms with van der Waals surface area (Å²) in [6.07, 6.45) is 0. The number of rotatable bonds is 3. The van der Waals surface area contributed by atoms with Crippen LogP contribution in [-0.2, 0) is 9.53 Å². The van der Waals surface area contributed by atoms with Crippen LogP contribution in [0, 0.1) is 0 Å². The number of ether oxygens (including phenoxy) is 1. The lowest BCUT2D eigenvalue weighted by molar-refractivity contribution is -0.134. The minimum atomic E-state index is -0.207. The molecule has 5 nitrogen and oxygen atoms in total. The molecule has 20 heavy (non-hydrogen) atoms. The molecule has 106 valence electrons. The van der Waals surface area contributed by atoms with E-state index >= 15 is 0 Å². The molecule has 1 amide bonds. The second-order valence-corrected chi connectivity index (χ2v) is 5.94. The molecule has 1 fully saturated rings. The number of para-hydroxylation sites is 2. The fourth-order valence-corrected chi connectivity index (χ4v) is 2.99. The van der Waals surface area contributed by atoms with Gasteiger partial charge in [-0.15, -0.1) is 0 Å². The van der Waals surface area contributed by atoms with Crippen molar-refractivity contribution in [2.45, 2.75) is 17.4 Å². The number of amides is 1. The summed E-state index contributed by atoms with van der Waals surface area (Å²) < 4.78 is 10.9. The number of hydrogen-bond donors (Lipinski definition) is 0. The summed E-state index contributed by atoms with van der Waals surface area (Å²) in [5, 5.41) is 0.335. The molecule has 0 unspecified atom stereocenters. The number of carbonyl (C=O) groups is 1. The molecule has 6 heteroatoms. The van der Waals surface area contributed by atoms with Crippen molar-refractivity contribution in [3.8, 4) is 0 Å². The third-order valence-corrected chi connectivity index (χ3v) is 4.15. The number of oxazole rings is 1. The molecule has 1 aromatic carbocycles. The van der Waals surface area contributed by atoms with Gasteiger partial charge in [-0.1, -0.05) is 23.9 Å². The summed E-state index contributed by atoms with van der Waals surface area (Å²) in [5.41, 5.74) is 1.57. The first-order valence-corrected chi connectivity index (χ1v) is 7.51. The number of benzene rings is 1. The van der Waals surface area contributed by atoms with Gasteiger partial charge in [0.25, 0.3) is 5.22 Å². The zero-order valence-corrected chi connectivity index (χ0v) is 12.1. The third kappa shape index (κ3) is 2.81. The molecule has 2 aromatic rings. The molecule has 1 aromatic heterocycles. The zero-order chi connectivity index (χ0) is 13.9. The van der Waals surface area contributed by atoms with Gasteiger partial charge in [0.15, 0.2) is 5.58 Å². The highest BCUT2D eigenvalue weighted by atomic mass is 32.2. The largest absolute Gasteiger partial charge is 0.431 e. The summed E-state index contributed by atoms with van der Waals surface area (Å²) in [4.78, 5) is 18.5. The van der Waals surface area contributed by atoms with Crippen LogP contribution in [0.4, 0.5) is 0 Å². The molecule has 0 bridgehead atoms. The highest BCUT2D eigenvalue weighted by Crippen LogP contribution is 2.27. The van der Waals surface area contributed by atoms with E-state index in [4.69, 9.17) is 9.15 Å². The van der Waals surface area contributed by atoms with E-state index in [9.17, 15) is 4.79 Å². The van der Waals surface area contributed by atoms with Gasteiger partial charge in [-0.2, -0.15) is 0 Å². The molecule has 1 atom stereocenters. The van der Waals surface area contributed by atoms with E-state index in [0.717, 1.165) is 11.1 Å². The Kier molecular flexibility index (Phi) is 3.93. The minimum Gasteiger partial charge on any atom is -0.431 e. The lowest BCUT2D eigenvalue weighted by Gasteiger charge is -2.28. The number of carbonyl (C=O) groups excluding carboxylic acids is 1. The molecule has 1 aliphatic heterocycles. The Morgan fingerprint density at radius 2 is 2.10 bits per heavy atom.